The molecule has 14 heteroatoms. The van der Waals surface area contributed by atoms with Crippen LogP contribution in [-0.4, -0.2) is 108 Å². The number of aliphatic hydroxyl groups excluding tert-OH is 7. The monoisotopic (exact) mass is 784 g/mol. The summed E-state index contributed by atoms with van der Waals surface area (Å²) in [6.45, 7) is 3.74. The number of carbonyl (C=O) groups is 1. The number of phosphoric acid groups is 1. The highest BCUT2D eigenvalue weighted by Crippen LogP contribution is 2.47. The van der Waals surface area contributed by atoms with Gasteiger partial charge in [-0.25, -0.2) is 4.57 Å². The first-order valence-corrected chi connectivity index (χ1v) is 22.6. The maximum atomic E-state index is 12.9. The molecule has 53 heavy (non-hydrogen) atoms. The maximum absolute atomic E-state index is 12.9. The number of amides is 1. The summed E-state index contributed by atoms with van der Waals surface area (Å²) in [5.41, 5.74) is 0. The predicted octanol–water partition coefficient (Wildman–Crippen LogP) is 5.70. The van der Waals surface area contributed by atoms with Gasteiger partial charge in [0.25, 0.3) is 0 Å². The van der Waals surface area contributed by atoms with Crippen molar-refractivity contribution < 1.29 is 59.0 Å². The van der Waals surface area contributed by atoms with Crippen LogP contribution < -0.4 is 5.32 Å². The van der Waals surface area contributed by atoms with Crippen molar-refractivity contribution in [3.8, 4) is 0 Å². The summed E-state index contributed by atoms with van der Waals surface area (Å²) < 4.78 is 22.8. The van der Waals surface area contributed by atoms with Crippen LogP contribution in [0.3, 0.4) is 0 Å². The molecule has 8 atom stereocenters. The predicted molar refractivity (Wildman–Crippen MR) is 206 cm³/mol. The lowest BCUT2D eigenvalue weighted by Gasteiger charge is -2.41. The molecule has 0 aromatic rings. The van der Waals surface area contributed by atoms with E-state index in [1.165, 1.54) is 89.9 Å². The molecule has 0 aromatic carbocycles. The Morgan fingerprint density at radius 1 is 0.585 bits per heavy atom. The molecule has 0 aromatic heterocycles. The molecule has 316 valence electrons. The molecule has 8 unspecified atom stereocenters. The lowest BCUT2D eigenvalue weighted by Crippen LogP contribution is -2.64. The summed E-state index contributed by atoms with van der Waals surface area (Å²) in [6, 6.07) is -1.15. The Morgan fingerprint density at radius 2 is 0.943 bits per heavy atom. The van der Waals surface area contributed by atoms with Crippen molar-refractivity contribution in [1.29, 1.82) is 0 Å². The van der Waals surface area contributed by atoms with Crippen molar-refractivity contribution >= 4 is 13.7 Å². The van der Waals surface area contributed by atoms with Crippen molar-refractivity contribution in [2.75, 3.05) is 6.61 Å². The number of carbonyl (C=O) groups excluding carboxylic acids is 1. The molecule has 1 rings (SSSR count). The van der Waals surface area contributed by atoms with Crippen LogP contribution in [0.2, 0.25) is 0 Å². The van der Waals surface area contributed by atoms with Crippen LogP contribution in [-0.2, 0) is 18.4 Å². The van der Waals surface area contributed by atoms with E-state index in [1.807, 2.05) is 0 Å². The van der Waals surface area contributed by atoms with E-state index in [2.05, 4.69) is 19.2 Å². The molecule has 9 N–H and O–H groups in total. The molecular formula is C39H78NO12P. The lowest BCUT2D eigenvalue weighted by molar-refractivity contribution is -0.220. The highest BCUT2D eigenvalue weighted by Gasteiger charge is 2.51. The highest BCUT2D eigenvalue weighted by molar-refractivity contribution is 7.47. The van der Waals surface area contributed by atoms with Crippen LogP contribution in [0.1, 0.15) is 181 Å². The van der Waals surface area contributed by atoms with E-state index in [9.17, 15) is 50.0 Å². The third kappa shape index (κ3) is 23.2. The van der Waals surface area contributed by atoms with Gasteiger partial charge in [-0.2, -0.15) is 0 Å². The fourth-order valence-corrected chi connectivity index (χ4v) is 7.92. The number of phosphoric ester groups is 1. The second kappa shape index (κ2) is 30.4. The van der Waals surface area contributed by atoms with Gasteiger partial charge in [0.2, 0.25) is 5.91 Å². The van der Waals surface area contributed by atoms with Crippen molar-refractivity contribution in [2.24, 2.45) is 0 Å². The summed E-state index contributed by atoms with van der Waals surface area (Å²) >= 11 is 0. The van der Waals surface area contributed by atoms with Crippen LogP contribution in [0.25, 0.3) is 0 Å². The molecule has 1 aliphatic carbocycles. The first kappa shape index (κ1) is 50.3. The van der Waals surface area contributed by atoms with Crippen molar-refractivity contribution in [3.05, 3.63) is 0 Å². The number of hydrogen-bond donors (Lipinski definition) is 9. The number of hydrogen-bond acceptors (Lipinski definition) is 11. The average molecular weight is 784 g/mol. The van der Waals surface area contributed by atoms with E-state index in [-0.39, 0.29) is 12.8 Å². The van der Waals surface area contributed by atoms with Crippen molar-refractivity contribution in [1.82, 2.24) is 5.32 Å². The maximum Gasteiger partial charge on any atom is 0.472 e. The minimum atomic E-state index is -5.10. The number of aliphatic hydroxyl groups is 7. The van der Waals surface area contributed by atoms with E-state index in [0.29, 0.717) is 12.8 Å². The fourth-order valence-electron chi connectivity index (χ4n) is 6.95. The second-order valence-electron chi connectivity index (χ2n) is 15.4. The van der Waals surface area contributed by atoms with Crippen LogP contribution in [0.15, 0.2) is 0 Å². The van der Waals surface area contributed by atoms with Gasteiger partial charge in [-0.05, 0) is 12.8 Å². The Bertz CT molecular complexity index is 932. The van der Waals surface area contributed by atoms with E-state index >= 15 is 0 Å². The molecule has 0 radical (unpaired) electrons. The van der Waals surface area contributed by atoms with Gasteiger partial charge >= 0.3 is 7.82 Å². The van der Waals surface area contributed by atoms with Crippen molar-refractivity contribution in [3.63, 3.8) is 0 Å². The van der Waals surface area contributed by atoms with E-state index < -0.39 is 75.2 Å². The van der Waals surface area contributed by atoms with Crippen molar-refractivity contribution in [2.45, 2.75) is 236 Å². The first-order valence-electron chi connectivity index (χ1n) is 21.1. The number of unbranched alkanes of at least 4 members (excludes halogenated alkanes) is 21. The largest absolute Gasteiger partial charge is 0.472 e. The molecule has 1 aliphatic rings. The van der Waals surface area contributed by atoms with Gasteiger partial charge in [0.05, 0.1) is 31.3 Å². The minimum Gasteiger partial charge on any atom is -0.393 e. The van der Waals surface area contributed by atoms with E-state index in [4.69, 9.17) is 9.05 Å². The molecule has 1 saturated carbocycles. The zero-order chi connectivity index (χ0) is 39.5. The van der Waals surface area contributed by atoms with Gasteiger partial charge in [0.1, 0.15) is 36.6 Å². The third-order valence-electron chi connectivity index (χ3n) is 10.5. The molecule has 0 spiro atoms. The van der Waals surface area contributed by atoms with Gasteiger partial charge < -0.3 is 46.0 Å². The number of rotatable bonds is 34. The quantitative estimate of drug-likeness (QED) is 0.0283. The summed E-state index contributed by atoms with van der Waals surface area (Å²) in [6.07, 6.45) is 13.1. The normalized spacial score (nSPS) is 24.8. The van der Waals surface area contributed by atoms with Gasteiger partial charge in [-0.1, -0.05) is 162 Å². The van der Waals surface area contributed by atoms with Crippen LogP contribution in [0.4, 0.5) is 0 Å². The van der Waals surface area contributed by atoms with Crippen LogP contribution in [0.5, 0.6) is 0 Å². The molecule has 0 bridgehead atoms. The van der Waals surface area contributed by atoms with Crippen LogP contribution in [0, 0.1) is 0 Å². The Kier molecular flexibility index (Phi) is 28.9. The molecular weight excluding hydrogens is 705 g/mol. The van der Waals surface area contributed by atoms with E-state index in [0.717, 1.165) is 51.4 Å². The second-order valence-corrected chi connectivity index (χ2v) is 16.8. The van der Waals surface area contributed by atoms with Gasteiger partial charge in [0, 0.05) is 0 Å². The average Bonchev–Trinajstić information content (AvgIpc) is 3.12. The first-order chi connectivity index (χ1) is 25.3. The van der Waals surface area contributed by atoms with E-state index in [1.54, 1.807) is 0 Å². The minimum absolute atomic E-state index is 0.217. The summed E-state index contributed by atoms with van der Waals surface area (Å²) in [5.74, 6) is -0.561. The standard InChI is InChI=1S/C39H78NO12P/c1-3-5-7-9-11-13-14-15-16-17-19-21-23-25-27-32(42)31(40-33(43)28-30(41)26-24-22-20-18-12-10-8-6-4-2)29-51-53(49,50)52-39-37(47)35(45)34(44)36(46)38(39)48/h30-32,34-39,41-42,44-48H,3-29H2,1-2H3,(H,40,43)(H,49,50). The lowest BCUT2D eigenvalue weighted by atomic mass is 9.85. The summed E-state index contributed by atoms with van der Waals surface area (Å²) in [4.78, 5) is 23.3. The molecule has 0 saturated heterocycles. The molecule has 1 fully saturated rings. The smallest absolute Gasteiger partial charge is 0.393 e. The fraction of sp³-hybridized carbons (Fsp3) is 0.974. The Balaban J connectivity index is 2.59. The highest BCUT2D eigenvalue weighted by atomic mass is 31.2. The summed E-state index contributed by atoms with van der Waals surface area (Å²) in [5, 5.41) is 74.3. The Hall–Kier alpha value is -0.700. The molecule has 1 amide bonds. The SMILES string of the molecule is CCCCCCCCCCCCCCCCC(O)C(COP(=O)(O)OC1C(O)C(O)C(O)C(O)C1O)NC(=O)CC(O)CCCCCCCCCCC. The summed E-state index contributed by atoms with van der Waals surface area (Å²) in [7, 11) is -5.10. The molecule has 0 aliphatic heterocycles. The topological polar surface area (TPSA) is 226 Å². The Labute approximate surface area is 319 Å². The zero-order valence-electron chi connectivity index (χ0n) is 32.9. The number of nitrogens with one attached hydrogen (secondary N) is 1. The van der Waals surface area contributed by atoms with Gasteiger partial charge in [-0.3, -0.25) is 13.8 Å². The molecule has 0 heterocycles. The molecule has 13 nitrogen and oxygen atoms in total. The third-order valence-corrected chi connectivity index (χ3v) is 11.5. The Morgan fingerprint density at radius 3 is 1.36 bits per heavy atom. The van der Waals surface area contributed by atoms with Gasteiger partial charge in [-0.15, -0.1) is 0 Å². The zero-order valence-corrected chi connectivity index (χ0v) is 33.8. The van der Waals surface area contributed by atoms with Gasteiger partial charge in [0.15, 0.2) is 0 Å². The van der Waals surface area contributed by atoms with Crippen LogP contribution >= 0.6 is 7.82 Å².